The Morgan fingerprint density at radius 1 is 1.53 bits per heavy atom. The molecule has 0 radical (unpaired) electrons. The third kappa shape index (κ3) is 3.61. The predicted molar refractivity (Wildman–Crippen MR) is 78.0 cm³/mol. The summed E-state index contributed by atoms with van der Waals surface area (Å²) in [5.74, 6) is 1.51. The Hall–Kier alpha value is -1.26. The standard InChI is InChI=1S/C15H24N2O2/c1-16-15(12-7-8-19-11-12)10-17(2)13-5-4-6-14(9-13)18-3/h4-6,9,12,15-16H,7-8,10-11H2,1-3H3. The molecular formula is C15H24N2O2. The van der Waals surface area contributed by atoms with Crippen molar-refractivity contribution in [2.75, 3.05) is 45.9 Å². The maximum absolute atomic E-state index is 5.49. The van der Waals surface area contributed by atoms with E-state index in [0.717, 1.165) is 31.9 Å². The number of nitrogens with zero attached hydrogens (tertiary/aromatic N) is 1. The van der Waals surface area contributed by atoms with Crippen LogP contribution in [0.5, 0.6) is 5.75 Å². The van der Waals surface area contributed by atoms with Crippen LogP contribution in [0.1, 0.15) is 6.42 Å². The molecule has 1 aromatic carbocycles. The number of anilines is 1. The van der Waals surface area contributed by atoms with Crippen LogP contribution in [0.2, 0.25) is 0 Å². The summed E-state index contributed by atoms with van der Waals surface area (Å²) < 4.78 is 10.8. The Labute approximate surface area is 115 Å². The van der Waals surface area contributed by atoms with E-state index >= 15 is 0 Å². The van der Waals surface area contributed by atoms with Crippen LogP contribution in [0.15, 0.2) is 24.3 Å². The fourth-order valence-electron chi connectivity index (χ4n) is 2.59. The number of nitrogens with one attached hydrogen (secondary N) is 1. The average molecular weight is 264 g/mol. The molecule has 1 aromatic rings. The molecule has 0 saturated carbocycles. The second kappa shape index (κ2) is 6.78. The Balaban J connectivity index is 1.99. The number of ether oxygens (including phenoxy) is 2. The van der Waals surface area contributed by atoms with Crippen LogP contribution < -0.4 is 15.0 Å². The molecule has 2 rings (SSSR count). The lowest BCUT2D eigenvalue weighted by Gasteiger charge is -2.29. The SMILES string of the molecule is CNC(CN(C)c1cccc(OC)c1)C1CCOC1. The van der Waals surface area contributed by atoms with Gasteiger partial charge in [0.05, 0.1) is 13.7 Å². The number of likely N-dealkylation sites (N-methyl/N-ethyl adjacent to an activating group) is 2. The second-order valence-corrected chi connectivity index (χ2v) is 5.10. The molecule has 1 fully saturated rings. The van der Waals surface area contributed by atoms with Gasteiger partial charge in [-0.1, -0.05) is 6.07 Å². The molecule has 1 heterocycles. The van der Waals surface area contributed by atoms with Gasteiger partial charge in [0.1, 0.15) is 5.75 Å². The molecule has 0 aromatic heterocycles. The molecule has 1 saturated heterocycles. The Morgan fingerprint density at radius 3 is 3.00 bits per heavy atom. The van der Waals surface area contributed by atoms with Gasteiger partial charge in [-0.3, -0.25) is 0 Å². The first-order valence-corrected chi connectivity index (χ1v) is 6.84. The molecule has 0 bridgehead atoms. The van der Waals surface area contributed by atoms with Crippen molar-refractivity contribution < 1.29 is 9.47 Å². The predicted octanol–water partition coefficient (Wildman–Crippen LogP) is 1.76. The lowest BCUT2D eigenvalue weighted by molar-refractivity contribution is 0.178. The number of rotatable bonds is 6. The third-order valence-electron chi connectivity index (χ3n) is 3.87. The number of methoxy groups -OCH3 is 1. The molecule has 4 nitrogen and oxygen atoms in total. The first-order chi connectivity index (χ1) is 9.24. The van der Waals surface area contributed by atoms with E-state index in [0.29, 0.717) is 12.0 Å². The van der Waals surface area contributed by atoms with Crippen molar-refractivity contribution in [2.24, 2.45) is 5.92 Å². The fourth-order valence-corrected chi connectivity index (χ4v) is 2.59. The van der Waals surface area contributed by atoms with Gasteiger partial charge >= 0.3 is 0 Å². The Kier molecular flexibility index (Phi) is 5.05. The van der Waals surface area contributed by atoms with Crippen molar-refractivity contribution in [1.82, 2.24) is 5.32 Å². The molecule has 4 heteroatoms. The molecule has 106 valence electrons. The quantitative estimate of drug-likeness (QED) is 0.849. The van der Waals surface area contributed by atoms with E-state index in [4.69, 9.17) is 9.47 Å². The van der Waals surface area contributed by atoms with E-state index in [-0.39, 0.29) is 0 Å². The summed E-state index contributed by atoms with van der Waals surface area (Å²) in [7, 11) is 5.85. The van der Waals surface area contributed by atoms with Gasteiger partial charge in [0.15, 0.2) is 0 Å². The van der Waals surface area contributed by atoms with E-state index in [9.17, 15) is 0 Å². The molecule has 1 aliphatic rings. The molecule has 0 amide bonds. The zero-order valence-corrected chi connectivity index (χ0v) is 12.1. The molecule has 0 spiro atoms. The van der Waals surface area contributed by atoms with Crippen LogP contribution in [0.4, 0.5) is 5.69 Å². The Morgan fingerprint density at radius 2 is 2.37 bits per heavy atom. The minimum Gasteiger partial charge on any atom is -0.497 e. The zero-order valence-electron chi connectivity index (χ0n) is 12.1. The summed E-state index contributed by atoms with van der Waals surface area (Å²) in [5.41, 5.74) is 1.18. The third-order valence-corrected chi connectivity index (χ3v) is 3.87. The van der Waals surface area contributed by atoms with Crippen LogP contribution >= 0.6 is 0 Å². The van der Waals surface area contributed by atoms with Crippen molar-refractivity contribution >= 4 is 5.69 Å². The van der Waals surface area contributed by atoms with Gasteiger partial charge in [-0.15, -0.1) is 0 Å². The van der Waals surface area contributed by atoms with E-state index in [1.54, 1.807) is 7.11 Å². The highest BCUT2D eigenvalue weighted by Crippen LogP contribution is 2.22. The van der Waals surface area contributed by atoms with Gasteiger partial charge in [0.25, 0.3) is 0 Å². The smallest absolute Gasteiger partial charge is 0.120 e. The summed E-state index contributed by atoms with van der Waals surface area (Å²) in [6.07, 6.45) is 1.15. The van der Waals surface area contributed by atoms with Crippen molar-refractivity contribution in [1.29, 1.82) is 0 Å². The second-order valence-electron chi connectivity index (χ2n) is 5.10. The van der Waals surface area contributed by atoms with Gasteiger partial charge in [-0.2, -0.15) is 0 Å². The summed E-state index contributed by atoms with van der Waals surface area (Å²) in [5, 5.41) is 3.42. The summed E-state index contributed by atoms with van der Waals surface area (Å²) in [4.78, 5) is 2.27. The van der Waals surface area contributed by atoms with Gasteiger partial charge in [0.2, 0.25) is 0 Å². The van der Waals surface area contributed by atoms with Crippen LogP contribution in [0.3, 0.4) is 0 Å². The Bertz CT molecular complexity index is 391. The molecule has 2 unspecified atom stereocenters. The first-order valence-electron chi connectivity index (χ1n) is 6.84. The van der Waals surface area contributed by atoms with Crippen LogP contribution in [0.25, 0.3) is 0 Å². The molecule has 1 N–H and O–H groups in total. The lowest BCUT2D eigenvalue weighted by Crippen LogP contribution is -2.43. The summed E-state index contributed by atoms with van der Waals surface area (Å²) >= 11 is 0. The van der Waals surface area contributed by atoms with Gasteiger partial charge in [-0.05, 0) is 25.6 Å². The topological polar surface area (TPSA) is 33.7 Å². The average Bonchev–Trinajstić information content (AvgIpc) is 2.98. The highest BCUT2D eigenvalue weighted by atomic mass is 16.5. The maximum Gasteiger partial charge on any atom is 0.120 e. The van der Waals surface area contributed by atoms with Crippen molar-refractivity contribution in [3.63, 3.8) is 0 Å². The highest BCUT2D eigenvalue weighted by molar-refractivity contribution is 5.50. The first kappa shape index (κ1) is 14.2. The summed E-state index contributed by atoms with van der Waals surface area (Å²) in [6.45, 7) is 2.74. The van der Waals surface area contributed by atoms with Gasteiger partial charge in [0, 0.05) is 43.9 Å². The van der Waals surface area contributed by atoms with E-state index in [1.807, 2.05) is 19.2 Å². The van der Waals surface area contributed by atoms with Crippen LogP contribution in [-0.4, -0.2) is 47.0 Å². The van der Waals surface area contributed by atoms with E-state index in [2.05, 4.69) is 29.4 Å². The van der Waals surface area contributed by atoms with Crippen molar-refractivity contribution in [2.45, 2.75) is 12.5 Å². The van der Waals surface area contributed by atoms with E-state index in [1.165, 1.54) is 5.69 Å². The molecule has 19 heavy (non-hydrogen) atoms. The molecular weight excluding hydrogens is 240 g/mol. The largest absolute Gasteiger partial charge is 0.497 e. The minimum absolute atomic E-state index is 0.457. The van der Waals surface area contributed by atoms with Gasteiger partial charge < -0.3 is 19.7 Å². The van der Waals surface area contributed by atoms with Crippen molar-refractivity contribution in [3.05, 3.63) is 24.3 Å². The number of benzene rings is 1. The number of hydrogen-bond acceptors (Lipinski definition) is 4. The van der Waals surface area contributed by atoms with Crippen molar-refractivity contribution in [3.8, 4) is 5.75 Å². The highest BCUT2D eigenvalue weighted by Gasteiger charge is 2.25. The van der Waals surface area contributed by atoms with Crippen LogP contribution in [-0.2, 0) is 4.74 Å². The molecule has 0 aliphatic carbocycles. The minimum atomic E-state index is 0.457. The molecule has 2 atom stereocenters. The van der Waals surface area contributed by atoms with Crippen LogP contribution in [0, 0.1) is 5.92 Å². The zero-order chi connectivity index (χ0) is 13.7. The molecule has 1 aliphatic heterocycles. The number of hydrogen-bond donors (Lipinski definition) is 1. The lowest BCUT2D eigenvalue weighted by atomic mass is 9.98. The maximum atomic E-state index is 5.49. The fraction of sp³-hybridized carbons (Fsp3) is 0.600. The summed E-state index contributed by atoms with van der Waals surface area (Å²) in [6, 6.07) is 8.63. The van der Waals surface area contributed by atoms with E-state index < -0.39 is 0 Å². The normalized spacial score (nSPS) is 20.3. The van der Waals surface area contributed by atoms with Gasteiger partial charge in [-0.25, -0.2) is 0 Å². The monoisotopic (exact) mass is 264 g/mol.